The van der Waals surface area contributed by atoms with E-state index in [9.17, 15) is 4.79 Å². The Kier molecular flexibility index (Phi) is 5.05. The third kappa shape index (κ3) is 3.47. The molecule has 0 aromatic carbocycles. The van der Waals surface area contributed by atoms with E-state index in [4.69, 9.17) is 15.6 Å². The SMILES string of the molecule is CCC(OC1CCCCC1CN)C(=O)O. The molecule has 1 saturated carbocycles. The summed E-state index contributed by atoms with van der Waals surface area (Å²) >= 11 is 0. The van der Waals surface area contributed by atoms with Crippen LogP contribution in [0.3, 0.4) is 0 Å². The van der Waals surface area contributed by atoms with Crippen molar-refractivity contribution in [2.45, 2.75) is 51.2 Å². The van der Waals surface area contributed by atoms with Crippen LogP contribution in [0.1, 0.15) is 39.0 Å². The van der Waals surface area contributed by atoms with Gasteiger partial charge in [0.25, 0.3) is 0 Å². The quantitative estimate of drug-likeness (QED) is 0.726. The molecule has 0 spiro atoms. The van der Waals surface area contributed by atoms with E-state index in [0.717, 1.165) is 19.3 Å². The Morgan fingerprint density at radius 2 is 2.20 bits per heavy atom. The molecule has 15 heavy (non-hydrogen) atoms. The molecule has 0 heterocycles. The summed E-state index contributed by atoms with van der Waals surface area (Å²) in [5.74, 6) is -0.522. The molecule has 88 valence electrons. The molecule has 1 fully saturated rings. The van der Waals surface area contributed by atoms with Crippen LogP contribution in [0.15, 0.2) is 0 Å². The van der Waals surface area contributed by atoms with Crippen LogP contribution in [0.4, 0.5) is 0 Å². The average molecular weight is 215 g/mol. The van der Waals surface area contributed by atoms with Gasteiger partial charge in [-0.05, 0) is 31.7 Å². The summed E-state index contributed by atoms with van der Waals surface area (Å²) in [5.41, 5.74) is 5.66. The smallest absolute Gasteiger partial charge is 0.332 e. The number of hydrogen-bond acceptors (Lipinski definition) is 3. The monoisotopic (exact) mass is 215 g/mol. The fraction of sp³-hybridized carbons (Fsp3) is 0.909. The Bertz CT molecular complexity index is 208. The third-order valence-electron chi connectivity index (χ3n) is 3.13. The van der Waals surface area contributed by atoms with Gasteiger partial charge in [-0.3, -0.25) is 0 Å². The largest absolute Gasteiger partial charge is 0.479 e. The molecular formula is C11H21NO3. The van der Waals surface area contributed by atoms with E-state index in [0.29, 0.717) is 18.9 Å². The van der Waals surface area contributed by atoms with Gasteiger partial charge in [0.15, 0.2) is 6.10 Å². The first-order valence-electron chi connectivity index (χ1n) is 5.77. The normalized spacial score (nSPS) is 28.7. The molecule has 0 amide bonds. The van der Waals surface area contributed by atoms with E-state index in [-0.39, 0.29) is 6.10 Å². The summed E-state index contributed by atoms with van der Waals surface area (Å²) in [4.78, 5) is 10.8. The lowest BCUT2D eigenvalue weighted by molar-refractivity contribution is -0.158. The molecular weight excluding hydrogens is 194 g/mol. The Hall–Kier alpha value is -0.610. The maximum atomic E-state index is 10.8. The summed E-state index contributed by atoms with van der Waals surface area (Å²) in [6, 6.07) is 0. The first kappa shape index (κ1) is 12.5. The number of hydrogen-bond donors (Lipinski definition) is 2. The fourth-order valence-corrected chi connectivity index (χ4v) is 2.16. The molecule has 0 bridgehead atoms. The van der Waals surface area contributed by atoms with Crippen LogP contribution in [-0.2, 0) is 9.53 Å². The molecule has 0 aliphatic heterocycles. The van der Waals surface area contributed by atoms with Crippen molar-refractivity contribution in [3.63, 3.8) is 0 Å². The Balaban J connectivity index is 2.49. The van der Waals surface area contributed by atoms with Gasteiger partial charge < -0.3 is 15.6 Å². The molecule has 1 aliphatic rings. The van der Waals surface area contributed by atoms with Crippen LogP contribution >= 0.6 is 0 Å². The molecule has 3 N–H and O–H groups in total. The van der Waals surface area contributed by atoms with E-state index < -0.39 is 12.1 Å². The van der Waals surface area contributed by atoms with Crippen LogP contribution in [-0.4, -0.2) is 29.8 Å². The second-order valence-electron chi connectivity index (χ2n) is 4.19. The topological polar surface area (TPSA) is 72.5 Å². The van der Waals surface area contributed by atoms with Gasteiger partial charge in [0.2, 0.25) is 0 Å². The number of carboxylic acids is 1. The predicted molar refractivity (Wildman–Crippen MR) is 57.6 cm³/mol. The molecule has 0 radical (unpaired) electrons. The molecule has 0 aromatic rings. The zero-order chi connectivity index (χ0) is 11.3. The molecule has 3 unspecified atom stereocenters. The highest BCUT2D eigenvalue weighted by Crippen LogP contribution is 2.27. The lowest BCUT2D eigenvalue weighted by atomic mass is 9.86. The van der Waals surface area contributed by atoms with Crippen LogP contribution in [0.5, 0.6) is 0 Å². The molecule has 3 atom stereocenters. The Morgan fingerprint density at radius 1 is 1.53 bits per heavy atom. The number of ether oxygens (including phenoxy) is 1. The van der Waals surface area contributed by atoms with Gasteiger partial charge >= 0.3 is 5.97 Å². The zero-order valence-electron chi connectivity index (χ0n) is 9.32. The average Bonchev–Trinajstić information content (AvgIpc) is 2.25. The van der Waals surface area contributed by atoms with Crippen LogP contribution in [0.2, 0.25) is 0 Å². The van der Waals surface area contributed by atoms with Gasteiger partial charge in [-0.2, -0.15) is 0 Å². The van der Waals surface area contributed by atoms with E-state index >= 15 is 0 Å². The zero-order valence-corrected chi connectivity index (χ0v) is 9.32. The standard InChI is InChI=1S/C11H21NO3/c1-2-9(11(13)14)15-10-6-4-3-5-8(10)7-12/h8-10H,2-7,12H2,1H3,(H,13,14). The molecule has 1 aliphatic carbocycles. The van der Waals surface area contributed by atoms with Crippen LogP contribution < -0.4 is 5.73 Å². The number of rotatable bonds is 5. The summed E-state index contributed by atoms with van der Waals surface area (Å²) in [6.45, 7) is 2.43. The summed E-state index contributed by atoms with van der Waals surface area (Å²) in [5, 5.41) is 8.91. The van der Waals surface area contributed by atoms with Gasteiger partial charge in [-0.1, -0.05) is 19.8 Å². The van der Waals surface area contributed by atoms with Gasteiger partial charge in [0.05, 0.1) is 6.10 Å². The van der Waals surface area contributed by atoms with Crippen molar-refractivity contribution < 1.29 is 14.6 Å². The highest BCUT2D eigenvalue weighted by molar-refractivity contribution is 5.72. The minimum absolute atomic E-state index is 0.0461. The van der Waals surface area contributed by atoms with Gasteiger partial charge in [-0.15, -0.1) is 0 Å². The van der Waals surface area contributed by atoms with Crippen molar-refractivity contribution in [1.29, 1.82) is 0 Å². The number of carbonyl (C=O) groups is 1. The van der Waals surface area contributed by atoms with Crippen molar-refractivity contribution >= 4 is 5.97 Å². The second kappa shape index (κ2) is 6.08. The van der Waals surface area contributed by atoms with Crippen molar-refractivity contribution in [3.8, 4) is 0 Å². The lowest BCUT2D eigenvalue weighted by Gasteiger charge is -2.32. The predicted octanol–water partition coefficient (Wildman–Crippen LogP) is 1.38. The van der Waals surface area contributed by atoms with E-state index in [2.05, 4.69) is 0 Å². The number of aliphatic carboxylic acids is 1. The second-order valence-corrected chi connectivity index (χ2v) is 4.19. The number of nitrogens with two attached hydrogens (primary N) is 1. The lowest BCUT2D eigenvalue weighted by Crippen LogP contribution is -2.38. The van der Waals surface area contributed by atoms with Crippen molar-refractivity contribution in [2.24, 2.45) is 11.7 Å². The molecule has 0 saturated heterocycles. The van der Waals surface area contributed by atoms with Crippen molar-refractivity contribution in [3.05, 3.63) is 0 Å². The van der Waals surface area contributed by atoms with Gasteiger partial charge in [0, 0.05) is 0 Å². The minimum Gasteiger partial charge on any atom is -0.479 e. The summed E-state index contributed by atoms with van der Waals surface area (Å²) in [6.07, 6.45) is 4.22. The number of carboxylic acid groups (broad SMARTS) is 1. The van der Waals surface area contributed by atoms with Crippen LogP contribution in [0.25, 0.3) is 0 Å². The summed E-state index contributed by atoms with van der Waals surface area (Å²) in [7, 11) is 0. The molecule has 1 rings (SSSR count). The maximum absolute atomic E-state index is 10.8. The molecule has 4 heteroatoms. The Morgan fingerprint density at radius 3 is 2.73 bits per heavy atom. The molecule has 0 aromatic heterocycles. The van der Waals surface area contributed by atoms with E-state index in [1.54, 1.807) is 0 Å². The fourth-order valence-electron chi connectivity index (χ4n) is 2.16. The van der Waals surface area contributed by atoms with Gasteiger partial charge in [-0.25, -0.2) is 4.79 Å². The molecule has 4 nitrogen and oxygen atoms in total. The first-order valence-corrected chi connectivity index (χ1v) is 5.77. The summed E-state index contributed by atoms with van der Waals surface area (Å²) < 4.78 is 5.63. The Labute approximate surface area is 90.8 Å². The van der Waals surface area contributed by atoms with Crippen LogP contribution in [0, 0.1) is 5.92 Å². The van der Waals surface area contributed by atoms with Gasteiger partial charge in [0.1, 0.15) is 0 Å². The third-order valence-corrected chi connectivity index (χ3v) is 3.13. The van der Waals surface area contributed by atoms with Crippen molar-refractivity contribution in [2.75, 3.05) is 6.54 Å². The first-order chi connectivity index (χ1) is 7.19. The minimum atomic E-state index is -0.862. The van der Waals surface area contributed by atoms with E-state index in [1.807, 2.05) is 6.92 Å². The highest BCUT2D eigenvalue weighted by Gasteiger charge is 2.29. The van der Waals surface area contributed by atoms with Crippen molar-refractivity contribution in [1.82, 2.24) is 0 Å². The van der Waals surface area contributed by atoms with E-state index in [1.165, 1.54) is 6.42 Å². The maximum Gasteiger partial charge on any atom is 0.332 e. The highest BCUT2D eigenvalue weighted by atomic mass is 16.5.